The van der Waals surface area contributed by atoms with Crippen LogP contribution in [-0.4, -0.2) is 39.8 Å². The van der Waals surface area contributed by atoms with Crippen LogP contribution in [0.2, 0.25) is 0 Å². The van der Waals surface area contributed by atoms with Crippen molar-refractivity contribution in [1.29, 1.82) is 0 Å². The van der Waals surface area contributed by atoms with Crippen molar-refractivity contribution >= 4 is 5.91 Å². The number of aliphatic hydroxyl groups is 1. The van der Waals surface area contributed by atoms with Crippen LogP contribution in [0.4, 0.5) is 13.2 Å². The molecule has 0 aliphatic carbocycles. The second-order valence-electron chi connectivity index (χ2n) is 2.73. The molecule has 0 bridgehead atoms. The molecule has 15 heavy (non-hydrogen) atoms. The molecule has 1 atom stereocenters. The van der Waals surface area contributed by atoms with Gasteiger partial charge in [0.15, 0.2) is 6.10 Å². The van der Waals surface area contributed by atoms with Crippen molar-refractivity contribution < 1.29 is 23.1 Å². The molecule has 5 nitrogen and oxygen atoms in total. The van der Waals surface area contributed by atoms with Gasteiger partial charge in [-0.1, -0.05) is 0 Å². The number of H-pyrrole nitrogens is 1. The van der Waals surface area contributed by atoms with Gasteiger partial charge in [-0.3, -0.25) is 4.79 Å². The Bertz CT molecular complexity index is 323. The smallest absolute Gasteiger partial charge is 0.382 e. The summed E-state index contributed by atoms with van der Waals surface area (Å²) >= 11 is 0. The summed E-state index contributed by atoms with van der Waals surface area (Å²) in [5.74, 6) is -0.754. The summed E-state index contributed by atoms with van der Waals surface area (Å²) in [6, 6.07) is 0. The van der Waals surface area contributed by atoms with Gasteiger partial charge in [-0.25, -0.2) is 4.98 Å². The minimum Gasteiger partial charge on any atom is -0.382 e. The molecule has 0 saturated carbocycles. The molecule has 0 fully saturated rings. The Kier molecular flexibility index (Phi) is 3.30. The molecular formula is C7H8F3N3O2. The first-order valence-corrected chi connectivity index (χ1v) is 3.92. The summed E-state index contributed by atoms with van der Waals surface area (Å²) in [6.45, 7) is -0.888. The zero-order valence-electron chi connectivity index (χ0n) is 7.38. The largest absolute Gasteiger partial charge is 0.416 e. The highest BCUT2D eigenvalue weighted by atomic mass is 19.4. The van der Waals surface area contributed by atoms with Gasteiger partial charge in [0.1, 0.15) is 5.69 Å². The monoisotopic (exact) mass is 223 g/mol. The predicted octanol–water partition coefficient (Wildman–Crippen LogP) is 0.0627. The maximum Gasteiger partial charge on any atom is 0.416 e. The maximum atomic E-state index is 11.8. The maximum absolute atomic E-state index is 11.8. The van der Waals surface area contributed by atoms with Gasteiger partial charge in [-0.15, -0.1) is 0 Å². The Balaban J connectivity index is 2.42. The molecule has 1 aromatic rings. The Morgan fingerprint density at radius 3 is 2.80 bits per heavy atom. The molecule has 0 saturated heterocycles. The molecule has 0 aliphatic heterocycles. The van der Waals surface area contributed by atoms with Crippen LogP contribution < -0.4 is 5.32 Å². The Hall–Kier alpha value is -1.57. The van der Waals surface area contributed by atoms with Crippen molar-refractivity contribution in [3.8, 4) is 0 Å². The van der Waals surface area contributed by atoms with Gasteiger partial charge in [0, 0.05) is 0 Å². The highest BCUT2D eigenvalue weighted by Gasteiger charge is 2.38. The van der Waals surface area contributed by atoms with Crippen LogP contribution in [-0.2, 0) is 0 Å². The van der Waals surface area contributed by atoms with Crippen LogP contribution in [0.25, 0.3) is 0 Å². The highest BCUT2D eigenvalue weighted by Crippen LogP contribution is 2.19. The number of alkyl halides is 3. The van der Waals surface area contributed by atoms with Crippen molar-refractivity contribution in [3.63, 3.8) is 0 Å². The fourth-order valence-electron chi connectivity index (χ4n) is 0.780. The first-order chi connectivity index (χ1) is 6.91. The zero-order valence-corrected chi connectivity index (χ0v) is 7.38. The predicted molar refractivity (Wildman–Crippen MR) is 43.0 cm³/mol. The molecule has 0 aliphatic rings. The fourth-order valence-corrected chi connectivity index (χ4v) is 0.780. The van der Waals surface area contributed by atoms with E-state index in [2.05, 4.69) is 9.97 Å². The van der Waals surface area contributed by atoms with E-state index in [4.69, 9.17) is 5.11 Å². The average Bonchev–Trinajstić information content (AvgIpc) is 2.64. The van der Waals surface area contributed by atoms with Crippen LogP contribution >= 0.6 is 0 Å². The quantitative estimate of drug-likeness (QED) is 0.678. The Morgan fingerprint density at radius 2 is 2.33 bits per heavy atom. The van der Waals surface area contributed by atoms with Crippen molar-refractivity contribution in [2.75, 3.05) is 6.54 Å². The number of nitrogens with zero attached hydrogens (tertiary/aromatic N) is 1. The molecule has 3 N–H and O–H groups in total. The lowest BCUT2D eigenvalue weighted by atomic mass is 10.3. The minimum atomic E-state index is -4.73. The molecule has 1 amide bonds. The third kappa shape index (κ3) is 3.24. The van der Waals surface area contributed by atoms with Gasteiger partial charge < -0.3 is 15.4 Å². The highest BCUT2D eigenvalue weighted by molar-refractivity contribution is 5.91. The third-order valence-electron chi connectivity index (χ3n) is 1.58. The van der Waals surface area contributed by atoms with E-state index < -0.39 is 24.7 Å². The zero-order chi connectivity index (χ0) is 11.5. The van der Waals surface area contributed by atoms with Gasteiger partial charge in [-0.05, 0) is 0 Å². The van der Waals surface area contributed by atoms with E-state index in [0.717, 1.165) is 6.20 Å². The summed E-state index contributed by atoms with van der Waals surface area (Å²) < 4.78 is 35.5. The first kappa shape index (κ1) is 11.5. The first-order valence-electron chi connectivity index (χ1n) is 3.92. The Labute approximate surface area is 82.3 Å². The van der Waals surface area contributed by atoms with E-state index in [-0.39, 0.29) is 5.69 Å². The number of amides is 1. The molecule has 0 aromatic carbocycles. The van der Waals surface area contributed by atoms with Crippen LogP contribution in [0.3, 0.4) is 0 Å². The van der Waals surface area contributed by atoms with Gasteiger partial charge in [0.25, 0.3) is 5.91 Å². The standard InChI is InChI=1S/C7H8F3N3O2/c8-7(9,10)5(14)2-12-6(15)4-1-11-3-13-4/h1,3,5,14H,2H2,(H,11,13)(H,12,15). The number of nitrogens with one attached hydrogen (secondary N) is 2. The van der Waals surface area contributed by atoms with Crippen LogP contribution in [0, 0.1) is 0 Å². The molecule has 0 spiro atoms. The second kappa shape index (κ2) is 4.30. The number of hydrogen-bond acceptors (Lipinski definition) is 3. The Morgan fingerprint density at radius 1 is 1.67 bits per heavy atom. The number of rotatable bonds is 3. The topological polar surface area (TPSA) is 78.0 Å². The number of hydrogen-bond donors (Lipinski definition) is 3. The van der Waals surface area contributed by atoms with Gasteiger partial charge in [0.05, 0.1) is 19.1 Å². The number of aliphatic hydroxyl groups excluding tert-OH is 1. The van der Waals surface area contributed by atoms with Gasteiger partial charge >= 0.3 is 6.18 Å². The molecule has 1 unspecified atom stereocenters. The lowest BCUT2D eigenvalue weighted by Gasteiger charge is -2.14. The molecular weight excluding hydrogens is 215 g/mol. The number of aromatic nitrogens is 2. The van der Waals surface area contributed by atoms with Crippen molar-refractivity contribution in [3.05, 3.63) is 18.2 Å². The summed E-state index contributed by atoms with van der Waals surface area (Å²) in [6.07, 6.45) is -4.92. The van der Waals surface area contributed by atoms with E-state index in [9.17, 15) is 18.0 Å². The molecule has 0 radical (unpaired) electrons. The lowest BCUT2D eigenvalue weighted by Crippen LogP contribution is -2.40. The molecule has 1 aromatic heterocycles. The van der Waals surface area contributed by atoms with E-state index >= 15 is 0 Å². The number of imidazole rings is 1. The van der Waals surface area contributed by atoms with E-state index in [1.807, 2.05) is 5.32 Å². The summed E-state index contributed by atoms with van der Waals surface area (Å²) in [5, 5.41) is 10.5. The fraction of sp³-hybridized carbons (Fsp3) is 0.429. The van der Waals surface area contributed by atoms with E-state index in [1.54, 1.807) is 0 Å². The molecule has 1 heterocycles. The number of carbonyl (C=O) groups excluding carboxylic acids is 1. The summed E-state index contributed by atoms with van der Waals surface area (Å²) in [7, 11) is 0. The van der Waals surface area contributed by atoms with Crippen molar-refractivity contribution in [2.24, 2.45) is 0 Å². The van der Waals surface area contributed by atoms with E-state index in [1.165, 1.54) is 6.33 Å². The minimum absolute atomic E-state index is 0.0318. The van der Waals surface area contributed by atoms with Crippen molar-refractivity contribution in [1.82, 2.24) is 15.3 Å². The number of aromatic amines is 1. The molecule has 1 rings (SSSR count). The van der Waals surface area contributed by atoms with Crippen LogP contribution in [0.5, 0.6) is 0 Å². The molecule has 8 heteroatoms. The average molecular weight is 223 g/mol. The number of halogens is 3. The van der Waals surface area contributed by atoms with Crippen molar-refractivity contribution in [2.45, 2.75) is 12.3 Å². The van der Waals surface area contributed by atoms with Crippen LogP contribution in [0.1, 0.15) is 10.5 Å². The summed E-state index contributed by atoms with van der Waals surface area (Å²) in [4.78, 5) is 17.0. The normalized spacial score (nSPS) is 13.6. The summed E-state index contributed by atoms with van der Waals surface area (Å²) in [5.41, 5.74) is 0.0318. The van der Waals surface area contributed by atoms with E-state index in [0.29, 0.717) is 0 Å². The number of carbonyl (C=O) groups is 1. The molecule has 84 valence electrons. The van der Waals surface area contributed by atoms with Gasteiger partial charge in [-0.2, -0.15) is 13.2 Å². The lowest BCUT2D eigenvalue weighted by molar-refractivity contribution is -0.201. The third-order valence-corrected chi connectivity index (χ3v) is 1.58. The van der Waals surface area contributed by atoms with Gasteiger partial charge in [0.2, 0.25) is 0 Å². The SMILES string of the molecule is O=C(NCC(O)C(F)(F)F)c1cnc[nH]1. The second-order valence-corrected chi connectivity index (χ2v) is 2.73. The van der Waals surface area contributed by atoms with Crippen LogP contribution in [0.15, 0.2) is 12.5 Å².